The van der Waals surface area contributed by atoms with Gasteiger partial charge in [-0.15, -0.1) is 11.3 Å². The number of nitrogens with one attached hydrogen (secondary N) is 1. The van der Waals surface area contributed by atoms with Gasteiger partial charge in [0.2, 0.25) is 5.91 Å². The number of hydrogen-bond acceptors (Lipinski definition) is 7. The minimum atomic E-state index is -0.383. The molecule has 2 aromatic heterocycles. The van der Waals surface area contributed by atoms with Crippen LogP contribution in [0, 0.1) is 13.8 Å². The van der Waals surface area contributed by atoms with Gasteiger partial charge in [-0.25, -0.2) is 4.98 Å². The van der Waals surface area contributed by atoms with Crippen LogP contribution in [0.15, 0.2) is 23.3 Å². The third-order valence-corrected chi connectivity index (χ3v) is 7.13. The number of aromatic nitrogens is 2. The van der Waals surface area contributed by atoms with Crippen molar-refractivity contribution in [3.8, 4) is 5.75 Å². The van der Waals surface area contributed by atoms with Gasteiger partial charge in [-0.1, -0.05) is 11.6 Å². The van der Waals surface area contributed by atoms with Crippen LogP contribution in [0.5, 0.6) is 5.75 Å². The molecule has 1 aliphatic rings. The van der Waals surface area contributed by atoms with Crippen molar-refractivity contribution in [2.45, 2.75) is 20.4 Å². The molecule has 3 heterocycles. The molecule has 0 bridgehead atoms. The molecule has 0 spiro atoms. The summed E-state index contributed by atoms with van der Waals surface area (Å²) in [4.78, 5) is 45.5. The molecule has 1 fully saturated rings. The van der Waals surface area contributed by atoms with Gasteiger partial charge in [0.25, 0.3) is 11.5 Å². The maximum absolute atomic E-state index is 13.1. The highest BCUT2D eigenvalue weighted by Crippen LogP contribution is 2.33. The van der Waals surface area contributed by atoms with E-state index in [9.17, 15) is 14.4 Å². The fourth-order valence-corrected chi connectivity index (χ4v) is 4.84. The molecule has 33 heavy (non-hydrogen) atoms. The number of carbonyl (C=O) groups excluding carboxylic acids is 2. The normalized spacial score (nSPS) is 13.9. The Balaban J connectivity index is 1.62. The number of halogens is 1. The van der Waals surface area contributed by atoms with E-state index in [1.54, 1.807) is 24.0 Å². The smallest absolute Gasteiger partial charge is 0.266 e. The molecule has 4 rings (SSSR count). The lowest BCUT2D eigenvalue weighted by atomic mass is 10.2. The standard InChI is InChI=1S/C22H23ClN4O5S/c1-12-8-15(16(31-3)9-14(12)23)25-20(29)19-13(2)18-21(33-19)24-11-27(22(18)30)10-17(28)26-4-6-32-7-5-26/h8-9,11H,4-7,10H2,1-3H3,(H,25,29). The Labute approximate surface area is 198 Å². The lowest BCUT2D eigenvalue weighted by molar-refractivity contribution is -0.135. The molecule has 1 N–H and O–H groups in total. The number of aryl methyl sites for hydroxylation is 2. The summed E-state index contributed by atoms with van der Waals surface area (Å²) in [5.74, 6) is -0.122. The first-order chi connectivity index (χ1) is 15.8. The number of nitrogens with zero attached hydrogens (tertiary/aromatic N) is 3. The summed E-state index contributed by atoms with van der Waals surface area (Å²) in [7, 11) is 1.49. The fraction of sp³-hybridized carbons (Fsp3) is 0.364. The summed E-state index contributed by atoms with van der Waals surface area (Å²) in [6.45, 7) is 5.38. The molecular weight excluding hydrogens is 468 g/mol. The number of anilines is 1. The Morgan fingerprint density at radius 1 is 1.27 bits per heavy atom. The van der Waals surface area contributed by atoms with Crippen LogP contribution in [0.2, 0.25) is 5.02 Å². The SMILES string of the molecule is COc1cc(Cl)c(C)cc1NC(=O)c1sc2ncn(CC(=O)N3CCOCC3)c(=O)c2c1C. The highest BCUT2D eigenvalue weighted by molar-refractivity contribution is 7.20. The molecule has 2 amide bonds. The molecule has 9 nitrogen and oxygen atoms in total. The second-order valence-corrected chi connectivity index (χ2v) is 9.07. The first kappa shape index (κ1) is 23.2. The number of morpholine rings is 1. The van der Waals surface area contributed by atoms with E-state index in [1.165, 1.54) is 18.0 Å². The summed E-state index contributed by atoms with van der Waals surface area (Å²) in [5, 5.41) is 3.70. The van der Waals surface area contributed by atoms with E-state index >= 15 is 0 Å². The summed E-state index contributed by atoms with van der Waals surface area (Å²) in [6.07, 6.45) is 1.35. The molecule has 0 unspecified atom stereocenters. The molecule has 1 aromatic carbocycles. The number of amides is 2. The minimum Gasteiger partial charge on any atom is -0.495 e. The van der Waals surface area contributed by atoms with Crippen LogP contribution >= 0.6 is 22.9 Å². The van der Waals surface area contributed by atoms with Crippen molar-refractivity contribution in [2.75, 3.05) is 38.7 Å². The van der Waals surface area contributed by atoms with Crippen LogP contribution < -0.4 is 15.6 Å². The van der Waals surface area contributed by atoms with Gasteiger partial charge in [0.05, 0.1) is 42.6 Å². The van der Waals surface area contributed by atoms with E-state index in [-0.39, 0.29) is 23.9 Å². The quantitative estimate of drug-likeness (QED) is 0.590. The van der Waals surface area contributed by atoms with E-state index in [0.29, 0.717) is 63.4 Å². The summed E-state index contributed by atoms with van der Waals surface area (Å²) in [5.41, 5.74) is 1.43. The maximum atomic E-state index is 13.1. The first-order valence-electron chi connectivity index (χ1n) is 10.3. The number of carbonyl (C=O) groups is 2. The van der Waals surface area contributed by atoms with Crippen molar-refractivity contribution in [1.29, 1.82) is 0 Å². The van der Waals surface area contributed by atoms with Crippen molar-refractivity contribution in [3.63, 3.8) is 0 Å². The van der Waals surface area contributed by atoms with E-state index in [4.69, 9.17) is 21.1 Å². The van der Waals surface area contributed by atoms with Crippen LogP contribution in [0.4, 0.5) is 5.69 Å². The highest BCUT2D eigenvalue weighted by atomic mass is 35.5. The Bertz CT molecular complexity index is 1300. The molecule has 3 aromatic rings. The average molecular weight is 491 g/mol. The van der Waals surface area contributed by atoms with E-state index in [1.807, 2.05) is 6.92 Å². The van der Waals surface area contributed by atoms with Crippen molar-refractivity contribution in [3.05, 3.63) is 49.8 Å². The molecule has 11 heteroatoms. The van der Waals surface area contributed by atoms with Crippen molar-refractivity contribution in [1.82, 2.24) is 14.5 Å². The van der Waals surface area contributed by atoms with Gasteiger partial charge in [0, 0.05) is 24.2 Å². The minimum absolute atomic E-state index is 0.111. The van der Waals surface area contributed by atoms with Crippen LogP contribution in [-0.2, 0) is 16.1 Å². The van der Waals surface area contributed by atoms with E-state index in [0.717, 1.165) is 16.9 Å². The number of hydrogen-bond donors (Lipinski definition) is 1. The second kappa shape index (κ2) is 9.50. The molecule has 0 saturated carbocycles. The fourth-order valence-electron chi connectivity index (χ4n) is 3.66. The molecule has 0 atom stereocenters. The topological polar surface area (TPSA) is 103 Å². The highest BCUT2D eigenvalue weighted by Gasteiger charge is 2.23. The van der Waals surface area contributed by atoms with E-state index in [2.05, 4.69) is 10.3 Å². The number of fused-ring (bicyclic) bond motifs is 1. The monoisotopic (exact) mass is 490 g/mol. The zero-order valence-electron chi connectivity index (χ0n) is 18.4. The van der Waals surface area contributed by atoms with Crippen molar-refractivity contribution >= 4 is 50.7 Å². The molecule has 1 saturated heterocycles. The lowest BCUT2D eigenvalue weighted by Gasteiger charge is -2.26. The molecule has 1 aliphatic heterocycles. The molecule has 0 radical (unpaired) electrons. The maximum Gasteiger partial charge on any atom is 0.266 e. The first-order valence-corrected chi connectivity index (χ1v) is 11.5. The molecular formula is C22H23ClN4O5S. The Kier molecular flexibility index (Phi) is 6.68. The van der Waals surface area contributed by atoms with E-state index < -0.39 is 0 Å². The van der Waals surface area contributed by atoms with Gasteiger partial charge in [-0.05, 0) is 31.0 Å². The van der Waals surface area contributed by atoms with Gasteiger partial charge in [-0.2, -0.15) is 0 Å². The van der Waals surface area contributed by atoms with Crippen molar-refractivity contribution < 1.29 is 19.1 Å². The molecule has 0 aliphatic carbocycles. The van der Waals surface area contributed by atoms with Crippen LogP contribution in [-0.4, -0.2) is 59.7 Å². The Morgan fingerprint density at radius 3 is 2.70 bits per heavy atom. The number of rotatable bonds is 5. The van der Waals surface area contributed by atoms with Gasteiger partial charge in [0.1, 0.15) is 17.1 Å². The van der Waals surface area contributed by atoms with Crippen molar-refractivity contribution in [2.24, 2.45) is 0 Å². The third kappa shape index (κ3) is 4.59. The number of ether oxygens (including phenoxy) is 2. The number of methoxy groups -OCH3 is 1. The van der Waals surface area contributed by atoms with Gasteiger partial charge in [0.15, 0.2) is 0 Å². The summed E-state index contributed by atoms with van der Waals surface area (Å²) < 4.78 is 11.9. The lowest BCUT2D eigenvalue weighted by Crippen LogP contribution is -2.43. The third-order valence-electron chi connectivity index (χ3n) is 5.52. The predicted octanol–water partition coefficient (Wildman–Crippen LogP) is 2.85. The predicted molar refractivity (Wildman–Crippen MR) is 127 cm³/mol. The number of benzene rings is 1. The average Bonchev–Trinajstić information content (AvgIpc) is 3.15. The van der Waals surface area contributed by atoms with Crippen LogP contribution in [0.25, 0.3) is 10.2 Å². The van der Waals surface area contributed by atoms with Gasteiger partial charge >= 0.3 is 0 Å². The second-order valence-electron chi connectivity index (χ2n) is 7.66. The molecule has 174 valence electrons. The zero-order chi connectivity index (χ0) is 23.7. The number of thiophene rings is 1. The Morgan fingerprint density at radius 2 is 2.00 bits per heavy atom. The Hall–Kier alpha value is -2.95. The summed E-state index contributed by atoms with van der Waals surface area (Å²) >= 11 is 7.27. The zero-order valence-corrected chi connectivity index (χ0v) is 20.0. The van der Waals surface area contributed by atoms with Gasteiger partial charge < -0.3 is 19.7 Å². The van der Waals surface area contributed by atoms with Crippen LogP contribution in [0.1, 0.15) is 20.8 Å². The summed E-state index contributed by atoms with van der Waals surface area (Å²) in [6, 6.07) is 3.36. The largest absolute Gasteiger partial charge is 0.495 e. The van der Waals surface area contributed by atoms with Crippen LogP contribution in [0.3, 0.4) is 0 Å². The van der Waals surface area contributed by atoms with Gasteiger partial charge in [-0.3, -0.25) is 19.0 Å².